The van der Waals surface area contributed by atoms with E-state index in [1.54, 1.807) is 6.07 Å². The molecule has 1 aromatic carbocycles. The van der Waals surface area contributed by atoms with E-state index in [-0.39, 0.29) is 5.82 Å². The van der Waals surface area contributed by atoms with Crippen molar-refractivity contribution >= 4 is 21.6 Å². The van der Waals surface area contributed by atoms with Crippen molar-refractivity contribution in [1.82, 2.24) is 0 Å². The minimum atomic E-state index is -0.241. The van der Waals surface area contributed by atoms with E-state index in [1.165, 1.54) is 12.1 Å². The van der Waals surface area contributed by atoms with Crippen LogP contribution in [0.3, 0.4) is 0 Å². The molecule has 0 spiro atoms. The van der Waals surface area contributed by atoms with Gasteiger partial charge in [0.25, 0.3) is 0 Å². The Morgan fingerprint density at radius 2 is 2.29 bits per heavy atom. The van der Waals surface area contributed by atoms with Gasteiger partial charge in [-0.15, -0.1) is 0 Å². The summed E-state index contributed by atoms with van der Waals surface area (Å²) in [6, 6.07) is 4.58. The SMILES string of the molecule is CC(CN)CNc1ccc(F)cc1Br. The standard InChI is InChI=1S/C10H14BrFN2/c1-7(5-13)6-14-10-3-2-8(12)4-9(10)11/h2-4,7,14H,5-6,13H2,1H3. The molecule has 0 heterocycles. The van der Waals surface area contributed by atoms with Gasteiger partial charge in [-0.3, -0.25) is 0 Å². The summed E-state index contributed by atoms with van der Waals surface area (Å²) in [5, 5.41) is 3.20. The van der Waals surface area contributed by atoms with E-state index >= 15 is 0 Å². The molecule has 78 valence electrons. The molecule has 0 bridgehead atoms. The van der Waals surface area contributed by atoms with Crippen LogP contribution in [0.25, 0.3) is 0 Å². The molecule has 1 rings (SSSR count). The van der Waals surface area contributed by atoms with Gasteiger partial charge in [-0.2, -0.15) is 0 Å². The third-order valence-corrected chi connectivity index (χ3v) is 2.63. The lowest BCUT2D eigenvalue weighted by molar-refractivity contribution is 0.623. The van der Waals surface area contributed by atoms with Crippen molar-refractivity contribution in [2.75, 3.05) is 18.4 Å². The van der Waals surface area contributed by atoms with Crippen molar-refractivity contribution in [3.8, 4) is 0 Å². The van der Waals surface area contributed by atoms with Gasteiger partial charge < -0.3 is 11.1 Å². The fourth-order valence-electron chi connectivity index (χ4n) is 1.00. The van der Waals surface area contributed by atoms with Crippen molar-refractivity contribution in [3.63, 3.8) is 0 Å². The molecule has 0 aliphatic carbocycles. The van der Waals surface area contributed by atoms with Crippen LogP contribution < -0.4 is 11.1 Å². The van der Waals surface area contributed by atoms with Crippen LogP contribution in [0.15, 0.2) is 22.7 Å². The average molecular weight is 261 g/mol. The number of nitrogens with one attached hydrogen (secondary N) is 1. The Labute approximate surface area is 91.8 Å². The zero-order chi connectivity index (χ0) is 10.6. The van der Waals surface area contributed by atoms with E-state index in [1.807, 2.05) is 0 Å². The van der Waals surface area contributed by atoms with E-state index in [4.69, 9.17) is 5.73 Å². The maximum absolute atomic E-state index is 12.7. The monoisotopic (exact) mass is 260 g/mol. The lowest BCUT2D eigenvalue weighted by Gasteiger charge is -2.12. The maximum Gasteiger partial charge on any atom is 0.124 e. The molecule has 1 aromatic rings. The Morgan fingerprint density at radius 1 is 1.57 bits per heavy atom. The van der Waals surface area contributed by atoms with Crippen molar-refractivity contribution < 1.29 is 4.39 Å². The largest absolute Gasteiger partial charge is 0.384 e. The number of nitrogens with two attached hydrogens (primary N) is 1. The van der Waals surface area contributed by atoms with Crippen LogP contribution in [-0.2, 0) is 0 Å². The van der Waals surface area contributed by atoms with Gasteiger partial charge in [-0.1, -0.05) is 6.92 Å². The summed E-state index contributed by atoms with van der Waals surface area (Å²) in [6.45, 7) is 3.50. The first-order chi connectivity index (χ1) is 6.63. The number of rotatable bonds is 4. The second-order valence-electron chi connectivity index (χ2n) is 3.35. The molecule has 0 saturated heterocycles. The minimum Gasteiger partial charge on any atom is -0.384 e. The second-order valence-corrected chi connectivity index (χ2v) is 4.20. The molecule has 0 amide bonds. The Morgan fingerprint density at radius 3 is 2.86 bits per heavy atom. The topological polar surface area (TPSA) is 38.0 Å². The van der Waals surface area contributed by atoms with Gasteiger partial charge in [-0.05, 0) is 46.6 Å². The molecular formula is C10H14BrFN2. The van der Waals surface area contributed by atoms with Crippen molar-refractivity contribution in [2.24, 2.45) is 11.7 Å². The summed E-state index contributed by atoms with van der Waals surface area (Å²) >= 11 is 3.29. The van der Waals surface area contributed by atoms with Crippen molar-refractivity contribution in [1.29, 1.82) is 0 Å². The number of hydrogen-bond donors (Lipinski definition) is 2. The van der Waals surface area contributed by atoms with E-state index in [9.17, 15) is 4.39 Å². The summed E-state index contributed by atoms with van der Waals surface area (Å²) in [5.74, 6) is 0.168. The molecular weight excluding hydrogens is 247 g/mol. The summed E-state index contributed by atoms with van der Waals surface area (Å²) in [6.07, 6.45) is 0. The van der Waals surface area contributed by atoms with Gasteiger partial charge in [0.05, 0.1) is 0 Å². The highest BCUT2D eigenvalue weighted by molar-refractivity contribution is 9.10. The predicted molar refractivity (Wildman–Crippen MR) is 60.8 cm³/mol. The fraction of sp³-hybridized carbons (Fsp3) is 0.400. The molecule has 14 heavy (non-hydrogen) atoms. The summed E-state index contributed by atoms with van der Waals surface area (Å²) < 4.78 is 13.5. The lowest BCUT2D eigenvalue weighted by Crippen LogP contribution is -2.19. The number of halogens is 2. The van der Waals surface area contributed by atoms with Crippen LogP contribution >= 0.6 is 15.9 Å². The van der Waals surface area contributed by atoms with E-state index in [2.05, 4.69) is 28.2 Å². The third kappa shape index (κ3) is 3.27. The van der Waals surface area contributed by atoms with Crippen molar-refractivity contribution in [2.45, 2.75) is 6.92 Å². The van der Waals surface area contributed by atoms with Crippen LogP contribution in [0, 0.1) is 11.7 Å². The first-order valence-corrected chi connectivity index (χ1v) is 5.31. The number of anilines is 1. The molecule has 1 atom stereocenters. The molecule has 3 N–H and O–H groups in total. The minimum absolute atomic E-state index is 0.241. The molecule has 0 saturated carbocycles. The highest BCUT2D eigenvalue weighted by Crippen LogP contribution is 2.23. The lowest BCUT2D eigenvalue weighted by atomic mass is 10.2. The Hall–Kier alpha value is -0.610. The van der Waals surface area contributed by atoms with Crippen LogP contribution in [0.2, 0.25) is 0 Å². The van der Waals surface area contributed by atoms with E-state index < -0.39 is 0 Å². The van der Waals surface area contributed by atoms with Gasteiger partial charge >= 0.3 is 0 Å². The highest BCUT2D eigenvalue weighted by Gasteiger charge is 2.02. The van der Waals surface area contributed by atoms with Gasteiger partial charge in [0.2, 0.25) is 0 Å². The smallest absolute Gasteiger partial charge is 0.124 e. The third-order valence-electron chi connectivity index (χ3n) is 1.97. The molecule has 0 aliphatic rings. The average Bonchev–Trinajstić information content (AvgIpc) is 2.16. The number of hydrogen-bond acceptors (Lipinski definition) is 2. The summed E-state index contributed by atoms with van der Waals surface area (Å²) in [5.41, 5.74) is 6.38. The Bertz CT molecular complexity index is 304. The quantitative estimate of drug-likeness (QED) is 0.874. The molecule has 0 aromatic heterocycles. The van der Waals surface area contributed by atoms with Crippen LogP contribution in [0.1, 0.15) is 6.92 Å². The Kier molecular flexibility index (Phi) is 4.35. The highest BCUT2D eigenvalue weighted by atomic mass is 79.9. The predicted octanol–water partition coefficient (Wildman–Crippen LogP) is 2.59. The zero-order valence-corrected chi connectivity index (χ0v) is 9.64. The van der Waals surface area contributed by atoms with Crippen LogP contribution in [-0.4, -0.2) is 13.1 Å². The molecule has 2 nitrogen and oxygen atoms in total. The van der Waals surface area contributed by atoms with Gasteiger partial charge in [0, 0.05) is 16.7 Å². The maximum atomic E-state index is 12.7. The first-order valence-electron chi connectivity index (χ1n) is 4.52. The summed E-state index contributed by atoms with van der Waals surface area (Å²) in [7, 11) is 0. The van der Waals surface area contributed by atoms with E-state index in [0.29, 0.717) is 12.5 Å². The fourth-order valence-corrected chi connectivity index (χ4v) is 1.49. The molecule has 4 heteroatoms. The van der Waals surface area contributed by atoms with E-state index in [0.717, 1.165) is 16.7 Å². The molecule has 0 radical (unpaired) electrons. The van der Waals surface area contributed by atoms with Crippen LogP contribution in [0.4, 0.5) is 10.1 Å². The van der Waals surface area contributed by atoms with Gasteiger partial charge in [0.1, 0.15) is 5.82 Å². The normalized spacial score (nSPS) is 12.6. The number of benzene rings is 1. The Balaban J connectivity index is 2.59. The molecule has 0 aliphatic heterocycles. The van der Waals surface area contributed by atoms with Gasteiger partial charge in [0.15, 0.2) is 0 Å². The van der Waals surface area contributed by atoms with Crippen LogP contribution in [0.5, 0.6) is 0 Å². The second kappa shape index (κ2) is 5.32. The zero-order valence-electron chi connectivity index (χ0n) is 8.06. The van der Waals surface area contributed by atoms with Crippen molar-refractivity contribution in [3.05, 3.63) is 28.5 Å². The molecule has 0 fully saturated rings. The summed E-state index contributed by atoms with van der Waals surface area (Å²) in [4.78, 5) is 0. The first kappa shape index (κ1) is 11.5. The molecule has 1 unspecified atom stereocenters. The van der Waals surface area contributed by atoms with Gasteiger partial charge in [-0.25, -0.2) is 4.39 Å².